The van der Waals surface area contributed by atoms with Gasteiger partial charge in [-0.2, -0.15) is 17.6 Å². The Balaban J connectivity index is 2.42. The Kier molecular flexibility index (Phi) is 2.97. The lowest BCUT2D eigenvalue weighted by Crippen LogP contribution is -2.52. The van der Waals surface area contributed by atoms with E-state index in [0.29, 0.717) is 0 Å². The highest BCUT2D eigenvalue weighted by Crippen LogP contribution is 2.47. The second-order valence-corrected chi connectivity index (χ2v) is 4.95. The molecular weight excluding hydrogens is 282 g/mol. The van der Waals surface area contributed by atoms with Crippen molar-refractivity contribution in [1.82, 2.24) is 0 Å². The molecule has 0 fully saturated rings. The van der Waals surface area contributed by atoms with Crippen LogP contribution in [-0.4, -0.2) is 23.5 Å². The zero-order valence-corrected chi connectivity index (χ0v) is 10.5. The summed E-state index contributed by atoms with van der Waals surface area (Å²) in [4.78, 5) is 11.9. The Hall–Kier alpha value is -1.83. The Morgan fingerprint density at radius 1 is 1.10 bits per heavy atom. The molecule has 110 valence electrons. The van der Waals surface area contributed by atoms with E-state index in [0.717, 1.165) is 18.2 Å². The zero-order valence-electron chi connectivity index (χ0n) is 10.5. The van der Waals surface area contributed by atoms with Crippen LogP contribution < -0.4 is 15.2 Å². The maximum Gasteiger partial charge on any atom is 0.507 e. The lowest BCUT2D eigenvalue weighted by Gasteiger charge is -2.32. The highest BCUT2D eigenvalue weighted by Gasteiger charge is 2.65. The topological polar surface area (TPSA) is 61.6 Å². The minimum atomic E-state index is -4.82. The second kappa shape index (κ2) is 4.08. The maximum absolute atomic E-state index is 13.0. The minimum absolute atomic E-state index is 0.0409. The summed E-state index contributed by atoms with van der Waals surface area (Å²) in [6.45, 7) is 2.85. The van der Waals surface area contributed by atoms with Gasteiger partial charge < -0.3 is 15.2 Å². The van der Waals surface area contributed by atoms with Crippen molar-refractivity contribution in [2.24, 2.45) is 5.73 Å². The first-order valence-corrected chi connectivity index (χ1v) is 5.55. The van der Waals surface area contributed by atoms with Gasteiger partial charge in [0.1, 0.15) is 0 Å². The largest absolute Gasteiger partial charge is 0.507 e. The van der Waals surface area contributed by atoms with Gasteiger partial charge in [0.05, 0.1) is 5.54 Å². The van der Waals surface area contributed by atoms with Gasteiger partial charge in [0.15, 0.2) is 17.3 Å². The fourth-order valence-electron chi connectivity index (χ4n) is 1.58. The second-order valence-electron chi connectivity index (χ2n) is 4.95. The summed E-state index contributed by atoms with van der Waals surface area (Å²) in [5.41, 5.74) is 4.31. The molecule has 0 saturated carbocycles. The average Bonchev–Trinajstić information content (AvgIpc) is 2.27. The molecule has 0 spiro atoms. The molecule has 2 N–H and O–H groups in total. The number of alkyl halides is 4. The SMILES string of the molecule is CC(C)(N)C(=O)c1ccc2c(c1)OC(F)(F)C(F)(F)O2. The van der Waals surface area contributed by atoms with E-state index in [1.807, 2.05) is 0 Å². The molecule has 1 aliphatic heterocycles. The van der Waals surface area contributed by atoms with Gasteiger partial charge in [0.2, 0.25) is 0 Å². The van der Waals surface area contributed by atoms with Crippen LogP contribution in [0.2, 0.25) is 0 Å². The van der Waals surface area contributed by atoms with Crippen molar-refractivity contribution in [3.8, 4) is 11.5 Å². The van der Waals surface area contributed by atoms with Gasteiger partial charge in [-0.1, -0.05) is 0 Å². The van der Waals surface area contributed by atoms with Crippen LogP contribution in [0.5, 0.6) is 11.5 Å². The van der Waals surface area contributed by atoms with Crippen molar-refractivity contribution in [2.75, 3.05) is 0 Å². The number of carbonyl (C=O) groups excluding carboxylic acids is 1. The number of ether oxygens (including phenoxy) is 2. The van der Waals surface area contributed by atoms with Crippen molar-refractivity contribution in [2.45, 2.75) is 31.6 Å². The van der Waals surface area contributed by atoms with Crippen LogP contribution in [-0.2, 0) is 0 Å². The van der Waals surface area contributed by atoms with Crippen LogP contribution >= 0.6 is 0 Å². The van der Waals surface area contributed by atoms with Gasteiger partial charge in [-0.05, 0) is 32.0 Å². The molecule has 0 unspecified atom stereocenters. The van der Waals surface area contributed by atoms with Crippen LogP contribution in [0.4, 0.5) is 17.6 Å². The summed E-state index contributed by atoms with van der Waals surface area (Å²) in [5, 5.41) is 0. The highest BCUT2D eigenvalue weighted by molar-refractivity contribution is 6.03. The summed E-state index contributed by atoms with van der Waals surface area (Å²) in [7, 11) is 0. The molecule has 1 heterocycles. The predicted molar refractivity (Wildman–Crippen MR) is 60.2 cm³/mol. The van der Waals surface area contributed by atoms with E-state index in [2.05, 4.69) is 9.47 Å². The Morgan fingerprint density at radius 2 is 1.60 bits per heavy atom. The number of Topliss-reactive ketones (excluding diaryl/α,β-unsaturated/α-hetero) is 1. The molecule has 0 bridgehead atoms. The zero-order chi connectivity index (χ0) is 15.3. The van der Waals surface area contributed by atoms with Gasteiger partial charge in [0.25, 0.3) is 0 Å². The van der Waals surface area contributed by atoms with Crippen molar-refractivity contribution >= 4 is 5.78 Å². The maximum atomic E-state index is 13.0. The van der Waals surface area contributed by atoms with E-state index in [-0.39, 0.29) is 5.56 Å². The number of ketones is 1. The molecule has 8 heteroatoms. The highest BCUT2D eigenvalue weighted by atomic mass is 19.3. The number of hydrogen-bond donors (Lipinski definition) is 1. The van der Waals surface area contributed by atoms with Gasteiger partial charge >= 0.3 is 12.2 Å². The minimum Gasteiger partial charge on any atom is -0.421 e. The van der Waals surface area contributed by atoms with Crippen LogP contribution in [0.15, 0.2) is 18.2 Å². The molecule has 4 nitrogen and oxygen atoms in total. The Bertz CT molecular complexity index is 566. The molecule has 0 saturated heterocycles. The third-order valence-electron chi connectivity index (χ3n) is 2.61. The van der Waals surface area contributed by atoms with Crippen LogP contribution in [0.1, 0.15) is 24.2 Å². The molecule has 0 amide bonds. The summed E-state index contributed by atoms with van der Waals surface area (Å²) >= 11 is 0. The standard InChI is InChI=1S/C12H11F4NO3/c1-10(2,17)9(18)6-3-4-7-8(5-6)20-12(15,16)11(13,14)19-7/h3-5H,17H2,1-2H3. The Labute approximate surface area is 111 Å². The van der Waals surface area contributed by atoms with Gasteiger partial charge in [-0.3, -0.25) is 4.79 Å². The van der Waals surface area contributed by atoms with Crippen molar-refractivity contribution in [1.29, 1.82) is 0 Å². The van der Waals surface area contributed by atoms with Crippen molar-refractivity contribution in [3.05, 3.63) is 23.8 Å². The summed E-state index contributed by atoms with van der Waals surface area (Å²) in [6.07, 6.45) is -9.60. The third-order valence-corrected chi connectivity index (χ3v) is 2.61. The fraction of sp³-hybridized carbons (Fsp3) is 0.417. The van der Waals surface area contributed by atoms with E-state index in [1.165, 1.54) is 13.8 Å². The number of carbonyl (C=O) groups is 1. The number of rotatable bonds is 2. The van der Waals surface area contributed by atoms with E-state index in [4.69, 9.17) is 5.73 Å². The number of benzene rings is 1. The molecule has 1 aliphatic rings. The average molecular weight is 293 g/mol. The molecule has 1 aromatic rings. The predicted octanol–water partition coefficient (Wildman–Crippen LogP) is 2.56. The molecule has 0 aliphatic carbocycles. The van der Waals surface area contributed by atoms with Crippen molar-refractivity contribution < 1.29 is 31.8 Å². The summed E-state index contributed by atoms with van der Waals surface area (Å²) in [6, 6.07) is 3.01. The first-order chi connectivity index (χ1) is 8.94. The number of hydrogen-bond acceptors (Lipinski definition) is 4. The summed E-state index contributed by atoms with van der Waals surface area (Å²) in [5.74, 6) is -1.77. The van der Waals surface area contributed by atoms with Gasteiger partial charge in [-0.25, -0.2) is 0 Å². The van der Waals surface area contributed by atoms with Gasteiger partial charge in [0, 0.05) is 5.56 Å². The monoisotopic (exact) mass is 293 g/mol. The smallest absolute Gasteiger partial charge is 0.421 e. The lowest BCUT2D eigenvalue weighted by molar-refractivity contribution is -0.391. The van der Waals surface area contributed by atoms with E-state index in [9.17, 15) is 22.4 Å². The quantitative estimate of drug-likeness (QED) is 0.672. The molecular formula is C12H11F4NO3. The first kappa shape index (κ1) is 14.6. The van der Waals surface area contributed by atoms with Crippen LogP contribution in [0, 0.1) is 0 Å². The fourth-order valence-corrected chi connectivity index (χ4v) is 1.58. The van der Waals surface area contributed by atoms with Crippen LogP contribution in [0.25, 0.3) is 0 Å². The first-order valence-electron chi connectivity index (χ1n) is 5.55. The number of fused-ring (bicyclic) bond motifs is 1. The third kappa shape index (κ3) is 2.31. The molecule has 0 aromatic heterocycles. The molecule has 0 atom stereocenters. The van der Waals surface area contributed by atoms with Gasteiger partial charge in [-0.15, -0.1) is 0 Å². The van der Waals surface area contributed by atoms with E-state index < -0.39 is 35.0 Å². The lowest BCUT2D eigenvalue weighted by atomic mass is 9.94. The molecule has 20 heavy (non-hydrogen) atoms. The molecule has 1 aromatic carbocycles. The number of halogens is 4. The van der Waals surface area contributed by atoms with Crippen LogP contribution in [0.3, 0.4) is 0 Å². The van der Waals surface area contributed by atoms with E-state index in [1.54, 1.807) is 0 Å². The van der Waals surface area contributed by atoms with E-state index >= 15 is 0 Å². The summed E-state index contributed by atoms with van der Waals surface area (Å²) < 4.78 is 59.7. The van der Waals surface area contributed by atoms with Crippen molar-refractivity contribution in [3.63, 3.8) is 0 Å². The molecule has 0 radical (unpaired) electrons. The molecule has 2 rings (SSSR count). The Morgan fingerprint density at radius 3 is 2.10 bits per heavy atom. The number of nitrogens with two attached hydrogens (primary N) is 1. The normalized spacial score (nSPS) is 19.6.